The first-order valence-electron chi connectivity index (χ1n) is 9.72. The predicted molar refractivity (Wildman–Crippen MR) is 116 cm³/mol. The number of hydrogen-bond donors (Lipinski definition) is 2. The molecule has 0 aliphatic carbocycles. The maximum atomic E-state index is 9.62. The van der Waals surface area contributed by atoms with E-state index in [1.54, 1.807) is 6.20 Å². The van der Waals surface area contributed by atoms with E-state index in [1.165, 1.54) is 0 Å². The quantitative estimate of drug-likeness (QED) is 0.586. The lowest BCUT2D eigenvalue weighted by Crippen LogP contribution is -2.32. The summed E-state index contributed by atoms with van der Waals surface area (Å²) in [4.78, 5) is 6.58. The van der Waals surface area contributed by atoms with E-state index in [0.717, 1.165) is 22.8 Å². The Labute approximate surface area is 175 Å². The molecule has 0 spiro atoms. The number of rotatable bonds is 7. The molecule has 1 saturated heterocycles. The number of aromatic nitrogens is 2. The summed E-state index contributed by atoms with van der Waals surface area (Å²) in [6.07, 6.45) is 3.83. The van der Waals surface area contributed by atoms with E-state index in [-0.39, 0.29) is 18.7 Å². The molecule has 3 heterocycles. The van der Waals surface area contributed by atoms with E-state index in [9.17, 15) is 5.11 Å². The minimum absolute atomic E-state index is 0.0248. The van der Waals surface area contributed by atoms with Gasteiger partial charge in [-0.15, -0.1) is 0 Å². The molecule has 2 atom stereocenters. The maximum Gasteiger partial charge on any atom is 0.170 e. The fraction of sp³-hybridized carbons (Fsp3) is 0.273. The Bertz CT molecular complexity index is 958. The average molecular weight is 409 g/mol. The summed E-state index contributed by atoms with van der Waals surface area (Å²) < 4.78 is 7.71. The van der Waals surface area contributed by atoms with E-state index >= 15 is 0 Å². The van der Waals surface area contributed by atoms with Gasteiger partial charge in [0.1, 0.15) is 5.75 Å². The fourth-order valence-electron chi connectivity index (χ4n) is 3.82. The number of ether oxygens (including phenoxy) is 1. The molecular formula is C22H24N4O2S. The molecule has 7 heteroatoms. The first kappa shape index (κ1) is 19.4. The van der Waals surface area contributed by atoms with Crippen LogP contribution in [0.5, 0.6) is 5.75 Å². The van der Waals surface area contributed by atoms with Gasteiger partial charge in [-0.25, -0.2) is 0 Å². The van der Waals surface area contributed by atoms with Crippen molar-refractivity contribution in [3.8, 4) is 11.4 Å². The largest absolute Gasteiger partial charge is 0.494 e. The molecule has 3 aromatic rings. The lowest BCUT2D eigenvalue weighted by atomic mass is 10.0. The van der Waals surface area contributed by atoms with Crippen LogP contribution in [0.2, 0.25) is 0 Å². The Morgan fingerprint density at radius 1 is 1.14 bits per heavy atom. The van der Waals surface area contributed by atoms with E-state index in [1.807, 2.05) is 66.6 Å². The highest BCUT2D eigenvalue weighted by Crippen LogP contribution is 2.39. The van der Waals surface area contributed by atoms with Crippen molar-refractivity contribution in [2.45, 2.75) is 19.0 Å². The van der Waals surface area contributed by atoms with Crippen LogP contribution in [0.1, 0.15) is 30.4 Å². The van der Waals surface area contributed by atoms with Gasteiger partial charge in [-0.1, -0.05) is 6.07 Å². The molecule has 1 aliphatic rings. The van der Waals surface area contributed by atoms with Crippen LogP contribution in [0.15, 0.2) is 67.0 Å². The van der Waals surface area contributed by atoms with Crippen LogP contribution in [-0.4, -0.2) is 44.4 Å². The predicted octanol–water partition coefficient (Wildman–Crippen LogP) is 3.24. The molecule has 2 aromatic heterocycles. The van der Waals surface area contributed by atoms with E-state index in [2.05, 4.69) is 20.9 Å². The number of pyridine rings is 1. The topological polar surface area (TPSA) is 62.5 Å². The molecule has 29 heavy (non-hydrogen) atoms. The van der Waals surface area contributed by atoms with Crippen LogP contribution in [0.25, 0.3) is 5.69 Å². The second-order valence-electron chi connectivity index (χ2n) is 6.77. The monoisotopic (exact) mass is 408 g/mol. The highest BCUT2D eigenvalue weighted by Gasteiger charge is 2.40. The molecule has 0 unspecified atom stereocenters. The molecular weight excluding hydrogens is 384 g/mol. The third-order valence-electron chi connectivity index (χ3n) is 5.05. The molecule has 6 nitrogen and oxygen atoms in total. The highest BCUT2D eigenvalue weighted by molar-refractivity contribution is 7.80. The summed E-state index contributed by atoms with van der Waals surface area (Å²) in [6.45, 7) is 3.09. The van der Waals surface area contributed by atoms with Crippen LogP contribution >= 0.6 is 12.2 Å². The maximum absolute atomic E-state index is 9.62. The molecule has 1 aromatic carbocycles. The minimum Gasteiger partial charge on any atom is -0.494 e. The number of nitrogens with one attached hydrogen (secondary N) is 1. The lowest BCUT2D eigenvalue weighted by molar-refractivity contribution is 0.220. The Morgan fingerprint density at radius 2 is 1.97 bits per heavy atom. The number of aliphatic hydroxyl groups excluding tert-OH is 1. The van der Waals surface area contributed by atoms with Crippen molar-refractivity contribution in [2.75, 3.05) is 19.8 Å². The SMILES string of the molecule is CCOc1ccc(-n2cccc2[C@@H]2[C@@H](c3ccccn3)NC(=S)N2CCO)cc1. The van der Waals surface area contributed by atoms with Gasteiger partial charge in [-0.2, -0.15) is 0 Å². The normalized spacial score (nSPS) is 18.7. The molecule has 150 valence electrons. The molecule has 1 fully saturated rings. The van der Waals surface area contributed by atoms with Gasteiger partial charge in [0.2, 0.25) is 0 Å². The highest BCUT2D eigenvalue weighted by atomic mass is 32.1. The van der Waals surface area contributed by atoms with Gasteiger partial charge in [0.25, 0.3) is 0 Å². The molecule has 0 radical (unpaired) electrons. The van der Waals surface area contributed by atoms with Crippen LogP contribution in [0, 0.1) is 0 Å². The van der Waals surface area contributed by atoms with Gasteiger partial charge in [0.15, 0.2) is 5.11 Å². The van der Waals surface area contributed by atoms with Gasteiger partial charge in [-0.3, -0.25) is 4.98 Å². The molecule has 0 saturated carbocycles. The van der Waals surface area contributed by atoms with Gasteiger partial charge in [0, 0.05) is 30.3 Å². The summed E-state index contributed by atoms with van der Waals surface area (Å²) in [7, 11) is 0. The van der Waals surface area contributed by atoms with Crippen molar-refractivity contribution < 1.29 is 9.84 Å². The van der Waals surface area contributed by atoms with Crippen molar-refractivity contribution in [3.05, 3.63) is 78.4 Å². The fourth-order valence-corrected chi connectivity index (χ4v) is 4.15. The Kier molecular flexibility index (Phi) is 5.78. The zero-order valence-corrected chi connectivity index (χ0v) is 17.0. The Balaban J connectivity index is 1.74. The zero-order valence-electron chi connectivity index (χ0n) is 16.2. The van der Waals surface area contributed by atoms with Crippen LogP contribution in [0.4, 0.5) is 0 Å². The van der Waals surface area contributed by atoms with Crippen molar-refractivity contribution in [2.24, 2.45) is 0 Å². The van der Waals surface area contributed by atoms with Crippen molar-refractivity contribution in [1.29, 1.82) is 0 Å². The molecule has 2 N–H and O–H groups in total. The first-order chi connectivity index (χ1) is 14.2. The summed E-state index contributed by atoms with van der Waals surface area (Å²) in [5.41, 5.74) is 3.03. The Hall–Kier alpha value is -2.90. The van der Waals surface area contributed by atoms with Gasteiger partial charge >= 0.3 is 0 Å². The van der Waals surface area contributed by atoms with Crippen molar-refractivity contribution in [3.63, 3.8) is 0 Å². The summed E-state index contributed by atoms with van der Waals surface area (Å²) >= 11 is 5.59. The summed E-state index contributed by atoms with van der Waals surface area (Å²) in [6, 6.07) is 17.8. The van der Waals surface area contributed by atoms with Gasteiger partial charge in [0.05, 0.1) is 31.0 Å². The standard InChI is InChI=1S/C22H24N4O2S/c1-2-28-17-10-8-16(9-11-17)25-13-5-7-19(25)21-20(18-6-3-4-12-23-18)24-22(29)26(21)14-15-27/h3-13,20-21,27H,2,14-15H2,1H3,(H,24,29)/t20-,21-/m1/s1. The second-order valence-corrected chi connectivity index (χ2v) is 7.16. The smallest absolute Gasteiger partial charge is 0.170 e. The number of hydrogen-bond acceptors (Lipinski definition) is 4. The van der Waals surface area contributed by atoms with Crippen molar-refractivity contribution in [1.82, 2.24) is 19.8 Å². The number of β-amino-alcohol motifs (C(OH)–C–C–N with tert-alkyl or cyclic N) is 1. The second kappa shape index (κ2) is 8.63. The van der Waals surface area contributed by atoms with E-state index in [0.29, 0.717) is 18.3 Å². The molecule has 0 amide bonds. The van der Waals surface area contributed by atoms with Crippen molar-refractivity contribution >= 4 is 17.3 Å². The third kappa shape index (κ3) is 3.83. The van der Waals surface area contributed by atoms with Crippen LogP contribution < -0.4 is 10.1 Å². The van der Waals surface area contributed by atoms with Gasteiger partial charge < -0.3 is 24.6 Å². The van der Waals surface area contributed by atoms with E-state index in [4.69, 9.17) is 17.0 Å². The molecule has 4 rings (SSSR count). The van der Waals surface area contributed by atoms with Crippen LogP contribution in [0.3, 0.4) is 0 Å². The minimum atomic E-state index is -0.105. The molecule has 1 aliphatic heterocycles. The number of thiocarbonyl (C=S) groups is 1. The van der Waals surface area contributed by atoms with Gasteiger partial charge in [-0.05, 0) is 67.7 Å². The number of nitrogens with zero attached hydrogens (tertiary/aromatic N) is 3. The third-order valence-corrected chi connectivity index (χ3v) is 5.40. The zero-order chi connectivity index (χ0) is 20.2. The van der Waals surface area contributed by atoms with E-state index < -0.39 is 0 Å². The number of benzene rings is 1. The summed E-state index contributed by atoms with van der Waals surface area (Å²) in [5.74, 6) is 0.849. The summed E-state index contributed by atoms with van der Waals surface area (Å²) in [5, 5.41) is 13.6. The van der Waals surface area contributed by atoms with Crippen LogP contribution in [-0.2, 0) is 0 Å². The molecule has 0 bridgehead atoms. The first-order valence-corrected chi connectivity index (χ1v) is 10.1. The lowest BCUT2D eigenvalue weighted by Gasteiger charge is -2.28. The number of aliphatic hydroxyl groups is 1. The average Bonchev–Trinajstić information content (AvgIpc) is 3.35. The Morgan fingerprint density at radius 3 is 2.66 bits per heavy atom.